The molecule has 14 heavy (non-hydrogen) atoms. The lowest BCUT2D eigenvalue weighted by Crippen LogP contribution is -2.17. The Balaban J connectivity index is 2.84. The number of aryl methyl sites for hydroxylation is 1. The van der Waals surface area contributed by atoms with E-state index in [2.05, 4.69) is 15.3 Å². The number of rotatable bonds is 4. The average Bonchev–Trinajstić information content (AvgIpc) is 2.14. The van der Waals surface area contributed by atoms with Gasteiger partial charge < -0.3 is 16.0 Å². The third kappa shape index (κ3) is 2.85. The van der Waals surface area contributed by atoms with Crippen molar-refractivity contribution in [2.24, 2.45) is 5.73 Å². The predicted octanol–water partition coefficient (Wildman–Crippen LogP) is 0.222. The van der Waals surface area contributed by atoms with Crippen LogP contribution in [0.2, 0.25) is 0 Å². The van der Waals surface area contributed by atoms with Crippen LogP contribution in [0, 0.1) is 6.92 Å². The van der Waals surface area contributed by atoms with E-state index in [4.69, 9.17) is 5.73 Å². The largest absolute Gasteiger partial charge is 0.363 e. The van der Waals surface area contributed by atoms with E-state index < -0.39 is 0 Å². The second kappa shape index (κ2) is 4.76. The van der Waals surface area contributed by atoms with Gasteiger partial charge in [-0.3, -0.25) is 0 Å². The molecule has 1 rings (SSSR count). The number of anilines is 2. The van der Waals surface area contributed by atoms with Crippen LogP contribution in [0.3, 0.4) is 0 Å². The number of nitrogens with two attached hydrogens (primary N) is 1. The average molecular weight is 195 g/mol. The highest BCUT2D eigenvalue weighted by atomic mass is 15.2. The highest BCUT2D eigenvalue weighted by Gasteiger charge is 2.02. The molecule has 1 heterocycles. The molecule has 0 atom stereocenters. The molecule has 5 nitrogen and oxygen atoms in total. The first-order chi connectivity index (χ1) is 6.63. The van der Waals surface area contributed by atoms with E-state index in [0.717, 1.165) is 11.5 Å². The van der Waals surface area contributed by atoms with E-state index in [1.807, 2.05) is 32.0 Å². The van der Waals surface area contributed by atoms with E-state index in [-0.39, 0.29) is 0 Å². The maximum atomic E-state index is 5.38. The van der Waals surface area contributed by atoms with Crippen molar-refractivity contribution < 1.29 is 0 Å². The molecule has 1 aromatic heterocycles. The van der Waals surface area contributed by atoms with Crippen LogP contribution < -0.4 is 16.0 Å². The minimum atomic E-state index is 0.578. The molecule has 1 aromatic rings. The van der Waals surface area contributed by atoms with Gasteiger partial charge in [-0.15, -0.1) is 0 Å². The Bertz CT molecular complexity index is 297. The third-order valence-electron chi connectivity index (χ3n) is 1.73. The van der Waals surface area contributed by atoms with Crippen molar-refractivity contribution in [2.75, 3.05) is 37.4 Å². The zero-order chi connectivity index (χ0) is 10.6. The van der Waals surface area contributed by atoms with Gasteiger partial charge in [0.25, 0.3) is 0 Å². The normalized spacial score (nSPS) is 10.0. The van der Waals surface area contributed by atoms with E-state index >= 15 is 0 Å². The van der Waals surface area contributed by atoms with Crippen molar-refractivity contribution in [3.63, 3.8) is 0 Å². The quantitative estimate of drug-likeness (QED) is 0.719. The topological polar surface area (TPSA) is 67.1 Å². The fraction of sp³-hybridized carbons (Fsp3) is 0.556. The van der Waals surface area contributed by atoms with Gasteiger partial charge in [-0.1, -0.05) is 0 Å². The Hall–Kier alpha value is -1.36. The smallest absolute Gasteiger partial charge is 0.224 e. The van der Waals surface area contributed by atoms with Crippen LogP contribution in [-0.4, -0.2) is 37.2 Å². The molecule has 0 aliphatic heterocycles. The number of hydrogen-bond acceptors (Lipinski definition) is 5. The highest BCUT2D eigenvalue weighted by molar-refractivity contribution is 5.43. The fourth-order valence-electron chi connectivity index (χ4n) is 1.04. The van der Waals surface area contributed by atoms with E-state index in [0.29, 0.717) is 19.0 Å². The standard InChI is InChI=1S/C9H17N5/c1-7-6-8(14(2)3)13-9(12-7)11-5-4-10/h6H,4-5,10H2,1-3H3,(H,11,12,13). The van der Waals surface area contributed by atoms with E-state index in [1.165, 1.54) is 0 Å². The third-order valence-corrected chi connectivity index (χ3v) is 1.73. The molecule has 5 heteroatoms. The van der Waals surface area contributed by atoms with Gasteiger partial charge >= 0.3 is 0 Å². The van der Waals surface area contributed by atoms with Gasteiger partial charge in [0.15, 0.2) is 0 Å². The van der Waals surface area contributed by atoms with Gasteiger partial charge in [-0.25, -0.2) is 4.98 Å². The molecule has 0 amide bonds. The Morgan fingerprint density at radius 1 is 1.43 bits per heavy atom. The van der Waals surface area contributed by atoms with Crippen molar-refractivity contribution >= 4 is 11.8 Å². The van der Waals surface area contributed by atoms with Crippen LogP contribution in [0.1, 0.15) is 5.69 Å². The molecule has 0 unspecified atom stereocenters. The van der Waals surface area contributed by atoms with Gasteiger partial charge in [0, 0.05) is 38.9 Å². The Morgan fingerprint density at radius 2 is 2.14 bits per heavy atom. The number of nitrogens with zero attached hydrogens (tertiary/aromatic N) is 3. The summed E-state index contributed by atoms with van der Waals surface area (Å²) in [6.45, 7) is 3.22. The summed E-state index contributed by atoms with van der Waals surface area (Å²) < 4.78 is 0. The lowest BCUT2D eigenvalue weighted by atomic mass is 10.4. The van der Waals surface area contributed by atoms with Crippen LogP contribution in [0.25, 0.3) is 0 Å². The van der Waals surface area contributed by atoms with Gasteiger partial charge in [0.2, 0.25) is 5.95 Å². The van der Waals surface area contributed by atoms with E-state index in [9.17, 15) is 0 Å². The maximum absolute atomic E-state index is 5.38. The molecule has 0 saturated carbocycles. The molecule has 0 bridgehead atoms. The predicted molar refractivity (Wildman–Crippen MR) is 58.6 cm³/mol. The molecular formula is C9H17N5. The van der Waals surface area contributed by atoms with Crippen molar-refractivity contribution in [3.05, 3.63) is 11.8 Å². The minimum Gasteiger partial charge on any atom is -0.363 e. The van der Waals surface area contributed by atoms with Gasteiger partial charge in [0.1, 0.15) is 5.82 Å². The second-order valence-electron chi connectivity index (χ2n) is 3.30. The summed E-state index contributed by atoms with van der Waals surface area (Å²) in [6.07, 6.45) is 0. The summed E-state index contributed by atoms with van der Waals surface area (Å²) in [6, 6.07) is 1.94. The molecule has 0 aromatic carbocycles. The maximum Gasteiger partial charge on any atom is 0.224 e. The molecule has 78 valence electrons. The molecule has 0 radical (unpaired) electrons. The van der Waals surface area contributed by atoms with Crippen LogP contribution in [0.5, 0.6) is 0 Å². The summed E-state index contributed by atoms with van der Waals surface area (Å²) in [5.41, 5.74) is 6.33. The van der Waals surface area contributed by atoms with Crippen molar-refractivity contribution in [2.45, 2.75) is 6.92 Å². The number of hydrogen-bond donors (Lipinski definition) is 2. The van der Waals surface area contributed by atoms with Gasteiger partial charge in [-0.2, -0.15) is 4.98 Å². The van der Waals surface area contributed by atoms with Crippen LogP contribution in [0.15, 0.2) is 6.07 Å². The van der Waals surface area contributed by atoms with Crippen LogP contribution in [-0.2, 0) is 0 Å². The second-order valence-corrected chi connectivity index (χ2v) is 3.30. The zero-order valence-corrected chi connectivity index (χ0v) is 8.91. The Kier molecular flexibility index (Phi) is 3.64. The van der Waals surface area contributed by atoms with Gasteiger partial charge in [-0.05, 0) is 6.92 Å². The van der Waals surface area contributed by atoms with Crippen LogP contribution >= 0.6 is 0 Å². The lowest BCUT2D eigenvalue weighted by Gasteiger charge is -2.13. The monoisotopic (exact) mass is 195 g/mol. The number of nitrogens with one attached hydrogen (secondary N) is 1. The molecule has 3 N–H and O–H groups in total. The highest BCUT2D eigenvalue weighted by Crippen LogP contribution is 2.11. The summed E-state index contributed by atoms with van der Waals surface area (Å²) in [5, 5.41) is 3.06. The SMILES string of the molecule is Cc1cc(N(C)C)nc(NCCN)n1. The molecule has 0 spiro atoms. The molecule has 0 fully saturated rings. The van der Waals surface area contributed by atoms with E-state index in [1.54, 1.807) is 0 Å². The van der Waals surface area contributed by atoms with Crippen LogP contribution in [0.4, 0.5) is 11.8 Å². The first-order valence-corrected chi connectivity index (χ1v) is 4.60. The summed E-state index contributed by atoms with van der Waals surface area (Å²) in [5.74, 6) is 1.54. The van der Waals surface area contributed by atoms with Gasteiger partial charge in [0.05, 0.1) is 0 Å². The zero-order valence-electron chi connectivity index (χ0n) is 8.91. The molecule has 0 aliphatic carbocycles. The first kappa shape index (κ1) is 10.7. The van der Waals surface area contributed by atoms with Crippen molar-refractivity contribution in [3.8, 4) is 0 Å². The molecular weight excluding hydrogens is 178 g/mol. The molecule has 0 aliphatic rings. The Labute approximate surface area is 84.3 Å². The fourth-order valence-corrected chi connectivity index (χ4v) is 1.04. The number of aromatic nitrogens is 2. The summed E-state index contributed by atoms with van der Waals surface area (Å²) in [7, 11) is 3.91. The summed E-state index contributed by atoms with van der Waals surface area (Å²) in [4.78, 5) is 10.5. The molecule has 0 saturated heterocycles. The Morgan fingerprint density at radius 3 is 2.71 bits per heavy atom. The van der Waals surface area contributed by atoms with Crippen molar-refractivity contribution in [1.29, 1.82) is 0 Å². The summed E-state index contributed by atoms with van der Waals surface area (Å²) >= 11 is 0. The lowest BCUT2D eigenvalue weighted by molar-refractivity contribution is 0.962. The van der Waals surface area contributed by atoms with Crippen molar-refractivity contribution in [1.82, 2.24) is 9.97 Å². The minimum absolute atomic E-state index is 0.578. The first-order valence-electron chi connectivity index (χ1n) is 4.60.